The van der Waals surface area contributed by atoms with Gasteiger partial charge in [0.1, 0.15) is 5.54 Å². The molecule has 5 heteroatoms. The van der Waals surface area contributed by atoms with Crippen molar-refractivity contribution in [2.24, 2.45) is 0 Å². The number of thiophene rings is 1. The summed E-state index contributed by atoms with van der Waals surface area (Å²) in [7, 11) is 2.97. The molecule has 96 valence electrons. The predicted octanol–water partition coefficient (Wildman–Crippen LogP) is 1.80. The first kappa shape index (κ1) is 14.2. The van der Waals surface area contributed by atoms with Crippen LogP contribution in [0, 0.1) is 0 Å². The number of carbonyl (C=O) groups excluding carboxylic acids is 1. The van der Waals surface area contributed by atoms with Crippen LogP contribution in [0.3, 0.4) is 0 Å². The highest BCUT2D eigenvalue weighted by Gasteiger charge is 2.40. The predicted molar refractivity (Wildman–Crippen MR) is 68.1 cm³/mol. The SMILES string of the molecule is COC(=O)C(C)(NCc1cccs1)C(C)OC. The third-order valence-electron chi connectivity index (χ3n) is 2.99. The number of ether oxygens (including phenoxy) is 2. The monoisotopic (exact) mass is 257 g/mol. The molecule has 0 aromatic carbocycles. The van der Waals surface area contributed by atoms with Crippen LogP contribution in [0.1, 0.15) is 18.7 Å². The molecule has 4 nitrogen and oxygen atoms in total. The Kier molecular flexibility index (Phi) is 5.11. The molecule has 1 N–H and O–H groups in total. The van der Waals surface area contributed by atoms with Crippen molar-refractivity contribution in [3.05, 3.63) is 22.4 Å². The molecule has 0 aliphatic heterocycles. The molecule has 17 heavy (non-hydrogen) atoms. The fourth-order valence-electron chi connectivity index (χ4n) is 1.51. The van der Waals surface area contributed by atoms with Crippen LogP contribution in [0.4, 0.5) is 0 Å². The summed E-state index contributed by atoms with van der Waals surface area (Å²) < 4.78 is 10.1. The van der Waals surface area contributed by atoms with E-state index in [0.29, 0.717) is 6.54 Å². The van der Waals surface area contributed by atoms with Crippen LogP contribution >= 0.6 is 11.3 Å². The fourth-order valence-corrected chi connectivity index (χ4v) is 2.16. The summed E-state index contributed by atoms with van der Waals surface area (Å²) in [4.78, 5) is 13.0. The van der Waals surface area contributed by atoms with E-state index in [9.17, 15) is 4.79 Å². The van der Waals surface area contributed by atoms with E-state index in [-0.39, 0.29) is 12.1 Å². The van der Waals surface area contributed by atoms with Gasteiger partial charge in [0.15, 0.2) is 0 Å². The highest BCUT2D eigenvalue weighted by Crippen LogP contribution is 2.17. The topological polar surface area (TPSA) is 47.6 Å². The summed E-state index contributed by atoms with van der Waals surface area (Å²) in [5.74, 6) is -0.316. The zero-order chi connectivity index (χ0) is 12.9. The summed E-state index contributed by atoms with van der Waals surface area (Å²) in [6.07, 6.45) is -0.269. The molecular weight excluding hydrogens is 238 g/mol. The number of esters is 1. The first-order valence-electron chi connectivity index (χ1n) is 5.43. The number of carbonyl (C=O) groups is 1. The molecule has 0 amide bonds. The molecule has 2 unspecified atom stereocenters. The molecule has 1 heterocycles. The molecule has 0 saturated carbocycles. The van der Waals surface area contributed by atoms with Gasteiger partial charge in [0.2, 0.25) is 0 Å². The van der Waals surface area contributed by atoms with E-state index in [4.69, 9.17) is 9.47 Å². The summed E-state index contributed by atoms with van der Waals surface area (Å²) in [6, 6.07) is 4.00. The van der Waals surface area contributed by atoms with E-state index in [2.05, 4.69) is 5.32 Å². The normalized spacial score (nSPS) is 16.2. The van der Waals surface area contributed by atoms with Crippen LogP contribution in [0.25, 0.3) is 0 Å². The minimum atomic E-state index is -0.840. The molecule has 2 atom stereocenters. The molecule has 1 aromatic heterocycles. The van der Waals surface area contributed by atoms with Crippen molar-refractivity contribution < 1.29 is 14.3 Å². The van der Waals surface area contributed by atoms with Crippen molar-refractivity contribution in [2.45, 2.75) is 32.0 Å². The Morgan fingerprint density at radius 1 is 1.59 bits per heavy atom. The highest BCUT2D eigenvalue weighted by molar-refractivity contribution is 7.09. The second-order valence-corrected chi connectivity index (χ2v) is 5.04. The number of hydrogen-bond acceptors (Lipinski definition) is 5. The first-order valence-corrected chi connectivity index (χ1v) is 6.31. The van der Waals surface area contributed by atoms with Gasteiger partial charge in [-0.3, -0.25) is 5.32 Å². The maximum Gasteiger partial charge on any atom is 0.328 e. The zero-order valence-corrected chi connectivity index (χ0v) is 11.5. The summed E-state index contributed by atoms with van der Waals surface area (Å²) in [6.45, 7) is 4.26. The van der Waals surface area contributed by atoms with E-state index >= 15 is 0 Å². The van der Waals surface area contributed by atoms with E-state index in [1.165, 1.54) is 12.0 Å². The fraction of sp³-hybridized carbons (Fsp3) is 0.583. The minimum absolute atomic E-state index is 0.269. The number of nitrogens with one attached hydrogen (secondary N) is 1. The third-order valence-corrected chi connectivity index (χ3v) is 3.86. The third kappa shape index (κ3) is 3.28. The lowest BCUT2D eigenvalue weighted by Gasteiger charge is -2.32. The van der Waals surface area contributed by atoms with Gasteiger partial charge in [-0.1, -0.05) is 6.07 Å². The molecule has 0 aliphatic carbocycles. The van der Waals surface area contributed by atoms with E-state index in [1.54, 1.807) is 25.4 Å². The van der Waals surface area contributed by atoms with Gasteiger partial charge in [-0.15, -0.1) is 11.3 Å². The van der Waals surface area contributed by atoms with Gasteiger partial charge in [-0.25, -0.2) is 4.79 Å². The number of methoxy groups -OCH3 is 2. The molecule has 0 spiro atoms. The van der Waals surface area contributed by atoms with Gasteiger partial charge < -0.3 is 9.47 Å². The van der Waals surface area contributed by atoms with Crippen LogP contribution < -0.4 is 5.32 Å². The summed E-state index contributed by atoms with van der Waals surface area (Å²) in [5, 5.41) is 5.22. The van der Waals surface area contributed by atoms with Crippen molar-refractivity contribution >= 4 is 17.3 Å². The largest absolute Gasteiger partial charge is 0.468 e. The molecule has 0 aliphatic rings. The van der Waals surface area contributed by atoms with Crippen LogP contribution in [-0.2, 0) is 20.8 Å². The minimum Gasteiger partial charge on any atom is -0.468 e. The Bertz CT molecular complexity index is 353. The van der Waals surface area contributed by atoms with Crippen molar-refractivity contribution in [3.8, 4) is 0 Å². The Labute approximate surface area is 106 Å². The van der Waals surface area contributed by atoms with Gasteiger partial charge in [-0.2, -0.15) is 0 Å². The standard InChI is InChI=1S/C12H19NO3S/c1-9(15-3)12(2,11(14)16-4)13-8-10-6-5-7-17-10/h5-7,9,13H,8H2,1-4H3. The maximum atomic E-state index is 11.8. The van der Waals surface area contributed by atoms with Gasteiger partial charge >= 0.3 is 5.97 Å². The molecule has 0 fully saturated rings. The lowest BCUT2D eigenvalue weighted by molar-refractivity contribution is -0.153. The molecular formula is C12H19NO3S. The van der Waals surface area contributed by atoms with E-state index in [0.717, 1.165) is 0 Å². The highest BCUT2D eigenvalue weighted by atomic mass is 32.1. The zero-order valence-electron chi connectivity index (χ0n) is 10.6. The Balaban J connectivity index is 2.73. The van der Waals surface area contributed by atoms with Crippen LogP contribution in [0.2, 0.25) is 0 Å². The van der Waals surface area contributed by atoms with Crippen molar-refractivity contribution in [1.82, 2.24) is 5.32 Å². The average molecular weight is 257 g/mol. The average Bonchev–Trinajstić information content (AvgIpc) is 2.86. The van der Waals surface area contributed by atoms with Crippen LogP contribution in [0.5, 0.6) is 0 Å². The first-order chi connectivity index (χ1) is 8.04. The quantitative estimate of drug-likeness (QED) is 0.790. The molecule has 0 saturated heterocycles. The van der Waals surface area contributed by atoms with Crippen LogP contribution in [0.15, 0.2) is 17.5 Å². The summed E-state index contributed by atoms with van der Waals surface area (Å²) in [5.41, 5.74) is -0.840. The van der Waals surface area contributed by atoms with Gasteiger partial charge in [0.25, 0.3) is 0 Å². The lowest BCUT2D eigenvalue weighted by atomic mass is 9.95. The Morgan fingerprint density at radius 3 is 2.76 bits per heavy atom. The summed E-state index contributed by atoms with van der Waals surface area (Å²) >= 11 is 1.65. The molecule has 0 radical (unpaired) electrons. The van der Waals surface area contributed by atoms with Gasteiger partial charge in [0.05, 0.1) is 13.2 Å². The molecule has 1 aromatic rings. The number of rotatable bonds is 6. The van der Waals surface area contributed by atoms with Gasteiger partial charge in [-0.05, 0) is 25.3 Å². The van der Waals surface area contributed by atoms with E-state index in [1.807, 2.05) is 24.4 Å². The van der Waals surface area contributed by atoms with Crippen molar-refractivity contribution in [1.29, 1.82) is 0 Å². The number of hydrogen-bond donors (Lipinski definition) is 1. The Morgan fingerprint density at radius 2 is 2.29 bits per heavy atom. The van der Waals surface area contributed by atoms with Crippen molar-refractivity contribution in [2.75, 3.05) is 14.2 Å². The van der Waals surface area contributed by atoms with Crippen LogP contribution in [-0.4, -0.2) is 31.8 Å². The maximum absolute atomic E-state index is 11.8. The lowest BCUT2D eigenvalue weighted by Crippen LogP contribution is -2.57. The molecule has 1 rings (SSSR count). The second-order valence-electron chi connectivity index (χ2n) is 4.00. The van der Waals surface area contributed by atoms with Gasteiger partial charge in [0, 0.05) is 18.5 Å². The molecule has 0 bridgehead atoms. The van der Waals surface area contributed by atoms with E-state index < -0.39 is 5.54 Å². The smallest absolute Gasteiger partial charge is 0.328 e. The Hall–Kier alpha value is -0.910. The second kappa shape index (κ2) is 6.14. The van der Waals surface area contributed by atoms with Crippen molar-refractivity contribution in [3.63, 3.8) is 0 Å².